The van der Waals surface area contributed by atoms with Crippen LogP contribution in [0.5, 0.6) is 0 Å². The first-order chi connectivity index (χ1) is 9.51. The van der Waals surface area contributed by atoms with Gasteiger partial charge >= 0.3 is 12.0 Å². The van der Waals surface area contributed by atoms with Gasteiger partial charge in [0.1, 0.15) is 0 Å². The molecule has 1 aliphatic carbocycles. The van der Waals surface area contributed by atoms with Crippen molar-refractivity contribution < 1.29 is 14.7 Å². The van der Waals surface area contributed by atoms with Gasteiger partial charge in [-0.1, -0.05) is 6.42 Å². The van der Waals surface area contributed by atoms with Gasteiger partial charge in [-0.25, -0.2) is 9.78 Å². The maximum absolute atomic E-state index is 12.2. The summed E-state index contributed by atoms with van der Waals surface area (Å²) in [5.41, 5.74) is -0.726. The fourth-order valence-corrected chi connectivity index (χ4v) is 4.03. The molecule has 20 heavy (non-hydrogen) atoms. The Kier molecular flexibility index (Phi) is 3.16. The minimum atomic E-state index is -0.764. The highest BCUT2D eigenvalue weighted by atomic mass is 32.1. The maximum atomic E-state index is 12.2. The van der Waals surface area contributed by atoms with Gasteiger partial charge in [-0.2, -0.15) is 0 Å². The molecule has 0 spiro atoms. The van der Waals surface area contributed by atoms with Crippen LogP contribution in [0, 0.1) is 18.3 Å². The zero-order valence-electron chi connectivity index (χ0n) is 11.3. The molecule has 3 rings (SSSR count). The van der Waals surface area contributed by atoms with Crippen LogP contribution in [-0.4, -0.2) is 40.1 Å². The van der Waals surface area contributed by atoms with Crippen molar-refractivity contribution >= 4 is 28.5 Å². The molecule has 6 nitrogen and oxygen atoms in total. The third-order valence-corrected chi connectivity index (χ3v) is 5.25. The van der Waals surface area contributed by atoms with Gasteiger partial charge in [0, 0.05) is 24.2 Å². The van der Waals surface area contributed by atoms with Gasteiger partial charge in [-0.15, -0.1) is 11.3 Å². The van der Waals surface area contributed by atoms with Crippen molar-refractivity contribution in [2.75, 3.05) is 18.4 Å². The van der Waals surface area contributed by atoms with Crippen molar-refractivity contribution in [1.29, 1.82) is 0 Å². The highest BCUT2D eigenvalue weighted by molar-refractivity contribution is 7.15. The first kappa shape index (κ1) is 13.4. The smallest absolute Gasteiger partial charge is 0.323 e. The van der Waals surface area contributed by atoms with Crippen molar-refractivity contribution in [3.05, 3.63) is 11.1 Å². The summed E-state index contributed by atoms with van der Waals surface area (Å²) >= 11 is 1.42. The molecule has 0 bridgehead atoms. The third kappa shape index (κ3) is 2.06. The van der Waals surface area contributed by atoms with E-state index in [9.17, 15) is 14.7 Å². The van der Waals surface area contributed by atoms with Gasteiger partial charge in [0.15, 0.2) is 5.13 Å². The number of nitrogens with one attached hydrogen (secondary N) is 1. The van der Waals surface area contributed by atoms with Crippen molar-refractivity contribution in [3.8, 4) is 0 Å². The number of carboxylic acids is 1. The number of aryl methyl sites for hydroxylation is 1. The fraction of sp³-hybridized carbons (Fsp3) is 0.615. The number of hydrogen-bond acceptors (Lipinski definition) is 4. The molecule has 1 saturated carbocycles. The van der Waals surface area contributed by atoms with Crippen molar-refractivity contribution in [2.24, 2.45) is 11.3 Å². The second kappa shape index (κ2) is 4.73. The van der Waals surface area contributed by atoms with E-state index in [4.69, 9.17) is 0 Å². The standard InChI is InChI=1S/C13H17N3O3S/c1-8-5-14-11(20-8)15-12(19)16-6-9-3-2-4-13(9,7-16)10(17)18/h5,9H,2-4,6-7H2,1H3,(H,17,18)(H,14,15,19)/t9-,13+/m0/s1. The molecule has 2 atom stereocenters. The zero-order chi connectivity index (χ0) is 14.3. The summed E-state index contributed by atoms with van der Waals surface area (Å²) in [6.45, 7) is 2.76. The number of aliphatic carboxylic acids is 1. The average Bonchev–Trinajstić information content (AvgIpc) is 3.02. The molecule has 1 saturated heterocycles. The highest BCUT2D eigenvalue weighted by Crippen LogP contribution is 2.48. The lowest BCUT2D eigenvalue weighted by atomic mass is 9.81. The van der Waals surface area contributed by atoms with E-state index in [1.807, 2.05) is 6.92 Å². The number of urea groups is 1. The second-order valence-electron chi connectivity index (χ2n) is 5.64. The second-order valence-corrected chi connectivity index (χ2v) is 6.87. The average molecular weight is 295 g/mol. The fourth-order valence-electron chi connectivity index (χ4n) is 3.38. The lowest BCUT2D eigenvalue weighted by Crippen LogP contribution is -2.38. The van der Waals surface area contributed by atoms with E-state index in [1.54, 1.807) is 11.1 Å². The number of aromatic nitrogens is 1. The van der Waals surface area contributed by atoms with Crippen molar-refractivity contribution in [2.45, 2.75) is 26.2 Å². The molecule has 2 N–H and O–H groups in total. The van der Waals surface area contributed by atoms with Crippen LogP contribution in [-0.2, 0) is 4.79 Å². The number of carboxylic acid groups (broad SMARTS) is 1. The molecule has 108 valence electrons. The summed E-state index contributed by atoms with van der Waals surface area (Å²) in [7, 11) is 0. The van der Waals surface area contributed by atoms with E-state index >= 15 is 0 Å². The Bertz CT molecular complexity index is 559. The monoisotopic (exact) mass is 295 g/mol. The van der Waals surface area contributed by atoms with E-state index in [0.717, 1.165) is 17.7 Å². The number of carbonyl (C=O) groups excluding carboxylic acids is 1. The highest BCUT2D eigenvalue weighted by Gasteiger charge is 2.55. The molecule has 0 radical (unpaired) electrons. The Morgan fingerprint density at radius 1 is 1.60 bits per heavy atom. The van der Waals surface area contributed by atoms with Crippen molar-refractivity contribution in [3.63, 3.8) is 0 Å². The number of hydrogen-bond donors (Lipinski definition) is 2. The first-order valence-electron chi connectivity index (χ1n) is 6.73. The van der Waals surface area contributed by atoms with Crippen LogP contribution in [0.25, 0.3) is 0 Å². The number of rotatable bonds is 2. The molecule has 0 unspecified atom stereocenters. The van der Waals surface area contributed by atoms with Gasteiger partial charge < -0.3 is 10.0 Å². The van der Waals surface area contributed by atoms with Gasteiger partial charge in [0.25, 0.3) is 0 Å². The van der Waals surface area contributed by atoms with Crippen LogP contribution in [0.15, 0.2) is 6.20 Å². The van der Waals surface area contributed by atoms with Crippen LogP contribution in [0.1, 0.15) is 24.1 Å². The molecular weight excluding hydrogens is 278 g/mol. The molecule has 2 amide bonds. The quantitative estimate of drug-likeness (QED) is 0.876. The van der Waals surface area contributed by atoms with Gasteiger partial charge in [0.2, 0.25) is 0 Å². The number of thiazole rings is 1. The summed E-state index contributed by atoms with van der Waals surface area (Å²) < 4.78 is 0. The number of nitrogens with zero attached hydrogens (tertiary/aromatic N) is 2. The summed E-state index contributed by atoms with van der Waals surface area (Å²) in [4.78, 5) is 30.5. The summed E-state index contributed by atoms with van der Waals surface area (Å²) in [6, 6.07) is -0.241. The number of likely N-dealkylation sites (tertiary alicyclic amines) is 1. The van der Waals surface area contributed by atoms with E-state index in [2.05, 4.69) is 10.3 Å². The SMILES string of the molecule is Cc1cnc(NC(=O)N2C[C@@H]3CCC[C@@]3(C(=O)O)C2)s1. The van der Waals surface area contributed by atoms with E-state index in [0.29, 0.717) is 24.6 Å². The summed E-state index contributed by atoms with van der Waals surface area (Å²) in [6.07, 6.45) is 4.22. The molecule has 2 fully saturated rings. The molecule has 7 heteroatoms. The number of carbonyl (C=O) groups is 2. The molecule has 1 aromatic rings. The van der Waals surface area contributed by atoms with Crippen LogP contribution in [0.3, 0.4) is 0 Å². The van der Waals surface area contributed by atoms with Crippen LogP contribution in [0.2, 0.25) is 0 Å². The Morgan fingerprint density at radius 2 is 2.40 bits per heavy atom. The van der Waals surface area contributed by atoms with Crippen LogP contribution >= 0.6 is 11.3 Å². The lowest BCUT2D eigenvalue weighted by Gasteiger charge is -2.23. The Hall–Kier alpha value is -1.63. The lowest BCUT2D eigenvalue weighted by molar-refractivity contribution is -0.149. The molecule has 2 heterocycles. The molecular formula is C13H17N3O3S. The third-order valence-electron chi connectivity index (χ3n) is 4.42. The molecule has 2 aliphatic rings. The van der Waals surface area contributed by atoms with E-state index < -0.39 is 11.4 Å². The minimum Gasteiger partial charge on any atom is -0.481 e. The van der Waals surface area contributed by atoms with Crippen molar-refractivity contribution in [1.82, 2.24) is 9.88 Å². The summed E-state index contributed by atoms with van der Waals surface area (Å²) in [5, 5.41) is 12.8. The zero-order valence-corrected chi connectivity index (χ0v) is 12.1. The molecule has 0 aromatic carbocycles. The van der Waals surface area contributed by atoms with E-state index in [-0.39, 0.29) is 11.9 Å². The predicted octanol–water partition coefficient (Wildman–Crippen LogP) is 2.17. The normalized spacial score (nSPS) is 28.4. The molecule has 1 aromatic heterocycles. The predicted molar refractivity (Wildman–Crippen MR) is 74.9 cm³/mol. The summed E-state index contributed by atoms with van der Waals surface area (Å²) in [5.74, 6) is -0.677. The minimum absolute atomic E-state index is 0.0868. The maximum Gasteiger partial charge on any atom is 0.323 e. The number of anilines is 1. The van der Waals surface area contributed by atoms with Gasteiger partial charge in [-0.3, -0.25) is 10.1 Å². The van der Waals surface area contributed by atoms with Gasteiger partial charge in [-0.05, 0) is 25.7 Å². The van der Waals surface area contributed by atoms with Gasteiger partial charge in [0.05, 0.1) is 5.41 Å². The van der Waals surface area contributed by atoms with Crippen LogP contribution in [0.4, 0.5) is 9.93 Å². The first-order valence-corrected chi connectivity index (χ1v) is 7.55. The number of fused-ring (bicyclic) bond motifs is 1. The Morgan fingerprint density at radius 3 is 3.00 bits per heavy atom. The largest absolute Gasteiger partial charge is 0.481 e. The topological polar surface area (TPSA) is 82.5 Å². The van der Waals surface area contributed by atoms with E-state index in [1.165, 1.54) is 11.3 Å². The molecule has 1 aliphatic heterocycles. The number of amides is 2. The Labute approximate surface area is 120 Å². The Balaban J connectivity index is 1.70. The van der Waals surface area contributed by atoms with Crippen LogP contribution < -0.4 is 5.32 Å².